The summed E-state index contributed by atoms with van der Waals surface area (Å²) in [6, 6.07) is 9.21. The SMILES string of the molecule is CC(C)C(C(=O)NCCCN1CCNCC1)n1nnc(-c2ccccc2)n1. The normalized spacial score (nSPS) is 16.4. The van der Waals surface area contributed by atoms with Crippen LogP contribution in [0.3, 0.4) is 0 Å². The van der Waals surface area contributed by atoms with E-state index >= 15 is 0 Å². The highest BCUT2D eigenvalue weighted by Gasteiger charge is 2.27. The number of hydrogen-bond acceptors (Lipinski definition) is 6. The average Bonchev–Trinajstić information content (AvgIpc) is 3.16. The highest BCUT2D eigenvalue weighted by atomic mass is 16.2. The number of nitrogens with zero attached hydrogens (tertiary/aromatic N) is 5. The molecule has 0 aliphatic carbocycles. The molecule has 0 bridgehead atoms. The van der Waals surface area contributed by atoms with Crippen molar-refractivity contribution in [1.82, 2.24) is 35.7 Å². The Morgan fingerprint density at radius 1 is 1.22 bits per heavy atom. The van der Waals surface area contributed by atoms with Gasteiger partial charge < -0.3 is 15.5 Å². The van der Waals surface area contributed by atoms with E-state index in [9.17, 15) is 4.79 Å². The number of piperazine rings is 1. The van der Waals surface area contributed by atoms with Crippen molar-refractivity contribution in [3.63, 3.8) is 0 Å². The van der Waals surface area contributed by atoms with Gasteiger partial charge in [0.25, 0.3) is 0 Å². The maximum absolute atomic E-state index is 12.7. The Morgan fingerprint density at radius 3 is 2.67 bits per heavy atom. The van der Waals surface area contributed by atoms with Crippen molar-refractivity contribution in [3.05, 3.63) is 30.3 Å². The van der Waals surface area contributed by atoms with Gasteiger partial charge >= 0.3 is 0 Å². The Morgan fingerprint density at radius 2 is 1.96 bits per heavy atom. The van der Waals surface area contributed by atoms with Crippen LogP contribution in [0.5, 0.6) is 0 Å². The van der Waals surface area contributed by atoms with Crippen molar-refractivity contribution in [2.24, 2.45) is 5.92 Å². The molecule has 1 fully saturated rings. The van der Waals surface area contributed by atoms with Gasteiger partial charge in [0.05, 0.1) is 0 Å². The molecule has 1 aromatic carbocycles. The second kappa shape index (κ2) is 9.57. The van der Waals surface area contributed by atoms with Crippen LogP contribution in [0.2, 0.25) is 0 Å². The lowest BCUT2D eigenvalue weighted by Crippen LogP contribution is -2.44. The third-order valence-corrected chi connectivity index (χ3v) is 4.77. The molecule has 8 heteroatoms. The topological polar surface area (TPSA) is 88.0 Å². The van der Waals surface area contributed by atoms with E-state index in [1.807, 2.05) is 44.2 Å². The van der Waals surface area contributed by atoms with E-state index in [1.165, 1.54) is 4.80 Å². The second-order valence-electron chi connectivity index (χ2n) is 7.22. The molecule has 2 aromatic rings. The molecule has 27 heavy (non-hydrogen) atoms. The average molecular weight is 371 g/mol. The van der Waals surface area contributed by atoms with E-state index in [0.717, 1.165) is 44.7 Å². The van der Waals surface area contributed by atoms with Crippen LogP contribution in [0.1, 0.15) is 26.3 Å². The van der Waals surface area contributed by atoms with Gasteiger partial charge in [0.1, 0.15) is 0 Å². The fourth-order valence-electron chi connectivity index (χ4n) is 3.27. The quantitative estimate of drug-likeness (QED) is 0.672. The molecule has 0 spiro atoms. The first-order valence-electron chi connectivity index (χ1n) is 9.71. The molecule has 1 amide bonds. The number of aromatic nitrogens is 4. The van der Waals surface area contributed by atoms with Gasteiger partial charge in [-0.15, -0.1) is 10.2 Å². The van der Waals surface area contributed by atoms with Crippen LogP contribution in [0.25, 0.3) is 11.4 Å². The fraction of sp³-hybridized carbons (Fsp3) is 0.579. The highest BCUT2D eigenvalue weighted by Crippen LogP contribution is 2.18. The lowest BCUT2D eigenvalue weighted by atomic mass is 10.0. The van der Waals surface area contributed by atoms with Gasteiger partial charge in [-0.3, -0.25) is 4.79 Å². The van der Waals surface area contributed by atoms with Crippen LogP contribution in [-0.4, -0.2) is 70.3 Å². The zero-order chi connectivity index (χ0) is 19.1. The number of rotatable bonds is 8. The van der Waals surface area contributed by atoms with Gasteiger partial charge in [-0.05, 0) is 24.1 Å². The number of amides is 1. The summed E-state index contributed by atoms with van der Waals surface area (Å²) in [6.07, 6.45) is 0.941. The molecule has 1 aromatic heterocycles. The standard InChI is InChI=1S/C19H29N7O/c1-15(2)17(19(27)21-9-6-12-25-13-10-20-11-14-25)26-23-18(22-24-26)16-7-4-3-5-8-16/h3-5,7-8,15,17,20H,6,9-14H2,1-2H3,(H,21,27). The molecule has 2 heterocycles. The van der Waals surface area contributed by atoms with Gasteiger partial charge in [0, 0.05) is 38.3 Å². The number of benzene rings is 1. The summed E-state index contributed by atoms with van der Waals surface area (Å²) in [5.74, 6) is 0.547. The highest BCUT2D eigenvalue weighted by molar-refractivity contribution is 5.80. The Balaban J connectivity index is 1.55. The van der Waals surface area contributed by atoms with Gasteiger partial charge in [0.2, 0.25) is 11.7 Å². The van der Waals surface area contributed by atoms with E-state index in [0.29, 0.717) is 12.4 Å². The van der Waals surface area contributed by atoms with Crippen LogP contribution < -0.4 is 10.6 Å². The molecule has 0 saturated carbocycles. The first-order valence-corrected chi connectivity index (χ1v) is 9.71. The van der Waals surface area contributed by atoms with Crippen LogP contribution in [-0.2, 0) is 4.79 Å². The van der Waals surface area contributed by atoms with Crippen molar-refractivity contribution in [1.29, 1.82) is 0 Å². The lowest BCUT2D eigenvalue weighted by molar-refractivity contribution is -0.126. The zero-order valence-corrected chi connectivity index (χ0v) is 16.1. The third kappa shape index (κ3) is 5.33. The van der Waals surface area contributed by atoms with Crippen molar-refractivity contribution in [2.45, 2.75) is 26.3 Å². The summed E-state index contributed by atoms with van der Waals surface area (Å²) in [5.41, 5.74) is 0.891. The predicted octanol–water partition coefficient (Wildman–Crippen LogP) is 0.949. The Kier molecular flexibility index (Phi) is 6.89. The largest absolute Gasteiger partial charge is 0.354 e. The Labute approximate surface area is 160 Å². The third-order valence-electron chi connectivity index (χ3n) is 4.77. The number of nitrogens with one attached hydrogen (secondary N) is 2. The molecular formula is C19H29N7O. The number of tetrazole rings is 1. The van der Waals surface area contributed by atoms with Gasteiger partial charge in [0.15, 0.2) is 6.04 Å². The molecule has 0 radical (unpaired) electrons. The minimum Gasteiger partial charge on any atom is -0.354 e. The molecule has 1 saturated heterocycles. The molecule has 1 aliphatic rings. The molecule has 1 aliphatic heterocycles. The molecular weight excluding hydrogens is 342 g/mol. The maximum Gasteiger partial charge on any atom is 0.247 e. The van der Waals surface area contributed by atoms with Crippen molar-refractivity contribution >= 4 is 5.91 Å². The first kappa shape index (κ1) is 19.4. The molecule has 1 atom stereocenters. The molecule has 1 unspecified atom stereocenters. The summed E-state index contributed by atoms with van der Waals surface area (Å²) >= 11 is 0. The van der Waals surface area contributed by atoms with Crippen LogP contribution in [0, 0.1) is 5.92 Å². The summed E-state index contributed by atoms with van der Waals surface area (Å²) < 4.78 is 0. The van der Waals surface area contributed by atoms with Crippen LogP contribution >= 0.6 is 0 Å². The van der Waals surface area contributed by atoms with E-state index in [4.69, 9.17) is 0 Å². The second-order valence-corrected chi connectivity index (χ2v) is 7.22. The summed E-state index contributed by atoms with van der Waals surface area (Å²) in [5, 5.41) is 19.1. The molecule has 146 valence electrons. The number of carbonyl (C=O) groups excluding carboxylic acids is 1. The first-order chi connectivity index (χ1) is 13.1. The molecule has 3 rings (SSSR count). The Hall–Kier alpha value is -2.32. The van der Waals surface area contributed by atoms with Crippen molar-refractivity contribution in [2.75, 3.05) is 39.3 Å². The maximum atomic E-state index is 12.7. The predicted molar refractivity (Wildman–Crippen MR) is 104 cm³/mol. The van der Waals surface area contributed by atoms with E-state index in [1.54, 1.807) is 0 Å². The van der Waals surface area contributed by atoms with Gasteiger partial charge in [-0.2, -0.15) is 4.80 Å². The number of hydrogen-bond donors (Lipinski definition) is 2. The smallest absolute Gasteiger partial charge is 0.247 e. The van der Waals surface area contributed by atoms with Crippen LogP contribution in [0.4, 0.5) is 0 Å². The van der Waals surface area contributed by atoms with Crippen molar-refractivity contribution in [3.8, 4) is 11.4 Å². The minimum atomic E-state index is -0.464. The lowest BCUT2D eigenvalue weighted by Gasteiger charge is -2.27. The Bertz CT molecular complexity index is 710. The van der Waals surface area contributed by atoms with E-state index in [2.05, 4.69) is 30.9 Å². The van der Waals surface area contributed by atoms with Crippen LogP contribution in [0.15, 0.2) is 30.3 Å². The van der Waals surface area contributed by atoms with Gasteiger partial charge in [-0.25, -0.2) is 0 Å². The van der Waals surface area contributed by atoms with E-state index < -0.39 is 6.04 Å². The molecule has 2 N–H and O–H groups in total. The zero-order valence-electron chi connectivity index (χ0n) is 16.1. The summed E-state index contributed by atoms with van der Waals surface area (Å²) in [7, 11) is 0. The van der Waals surface area contributed by atoms with Gasteiger partial charge in [-0.1, -0.05) is 44.2 Å². The molecule has 8 nitrogen and oxygen atoms in total. The minimum absolute atomic E-state index is 0.0534. The fourth-order valence-corrected chi connectivity index (χ4v) is 3.27. The summed E-state index contributed by atoms with van der Waals surface area (Å²) in [6.45, 7) is 9.90. The van der Waals surface area contributed by atoms with Crippen molar-refractivity contribution < 1.29 is 4.79 Å². The number of carbonyl (C=O) groups is 1. The van der Waals surface area contributed by atoms with E-state index in [-0.39, 0.29) is 11.8 Å². The monoisotopic (exact) mass is 371 g/mol. The summed E-state index contributed by atoms with van der Waals surface area (Å²) in [4.78, 5) is 16.6.